The molecule has 0 spiro atoms. The Morgan fingerprint density at radius 1 is 1.40 bits per heavy atom. The zero-order chi connectivity index (χ0) is 17.9. The van der Waals surface area contributed by atoms with Crippen LogP contribution in [0.15, 0.2) is 39.8 Å². The normalized spacial score (nSPS) is 17.6. The van der Waals surface area contributed by atoms with Gasteiger partial charge in [0.15, 0.2) is 0 Å². The number of amides is 1. The molecular formula is C16H20N4O4S. The molecule has 0 aliphatic carbocycles. The molecule has 134 valence electrons. The third-order valence-corrected chi connectivity index (χ3v) is 5.32. The topological polar surface area (TPSA) is 113 Å². The molecule has 1 atom stereocenters. The molecule has 1 aliphatic rings. The number of nitrogens with one attached hydrogen (secondary N) is 3. The van der Waals surface area contributed by atoms with Crippen LogP contribution in [0.25, 0.3) is 0 Å². The number of hydrogen-bond acceptors (Lipinski definition) is 6. The molecule has 2 heterocycles. The Morgan fingerprint density at radius 2 is 2.24 bits per heavy atom. The highest BCUT2D eigenvalue weighted by atomic mass is 32.2. The lowest BCUT2D eigenvalue weighted by molar-refractivity contribution is 0.0940. The summed E-state index contributed by atoms with van der Waals surface area (Å²) in [7, 11) is -3.76. The van der Waals surface area contributed by atoms with Gasteiger partial charge in [-0.05, 0) is 38.1 Å². The molecule has 0 saturated carbocycles. The molecule has 1 unspecified atom stereocenters. The summed E-state index contributed by atoms with van der Waals surface area (Å²) in [6.07, 6.45) is 0.863. The predicted molar refractivity (Wildman–Crippen MR) is 90.4 cm³/mol. The molecule has 1 aromatic heterocycles. The molecule has 1 fully saturated rings. The number of carbonyl (C=O) groups excluding carboxylic acids is 1. The summed E-state index contributed by atoms with van der Waals surface area (Å²) in [6.45, 7) is 3.34. The summed E-state index contributed by atoms with van der Waals surface area (Å²) in [5, 5.41) is 9.80. The molecule has 1 amide bonds. The Balaban J connectivity index is 1.69. The Hall–Kier alpha value is -2.23. The second-order valence-corrected chi connectivity index (χ2v) is 7.71. The molecule has 0 radical (unpaired) electrons. The van der Waals surface area contributed by atoms with Gasteiger partial charge in [-0.3, -0.25) is 4.79 Å². The number of aryl methyl sites for hydroxylation is 1. The molecular weight excluding hydrogens is 344 g/mol. The van der Waals surface area contributed by atoms with Crippen LogP contribution in [0.2, 0.25) is 0 Å². The van der Waals surface area contributed by atoms with Crippen LogP contribution in [0.5, 0.6) is 0 Å². The van der Waals surface area contributed by atoms with Gasteiger partial charge in [0.25, 0.3) is 5.91 Å². The summed E-state index contributed by atoms with van der Waals surface area (Å²) < 4.78 is 32.2. The maximum absolute atomic E-state index is 12.4. The molecule has 3 N–H and O–H groups in total. The number of hydrogen-bond donors (Lipinski definition) is 3. The minimum atomic E-state index is -3.76. The minimum absolute atomic E-state index is 0.0177. The van der Waals surface area contributed by atoms with Gasteiger partial charge in [-0.15, -0.1) is 0 Å². The molecule has 1 saturated heterocycles. The molecule has 1 aromatic carbocycles. The highest BCUT2D eigenvalue weighted by Crippen LogP contribution is 2.13. The van der Waals surface area contributed by atoms with E-state index in [-0.39, 0.29) is 23.4 Å². The van der Waals surface area contributed by atoms with Gasteiger partial charge in [0.05, 0.1) is 17.1 Å². The number of carbonyl (C=O) groups is 1. The number of rotatable bonds is 6. The van der Waals surface area contributed by atoms with Crippen LogP contribution >= 0.6 is 0 Å². The first-order chi connectivity index (χ1) is 11.9. The average Bonchev–Trinajstić information content (AvgIpc) is 3.25. The highest BCUT2D eigenvalue weighted by Gasteiger charge is 2.20. The maximum atomic E-state index is 12.4. The van der Waals surface area contributed by atoms with Gasteiger partial charge in [-0.2, -0.15) is 0 Å². The van der Waals surface area contributed by atoms with Crippen molar-refractivity contribution >= 4 is 15.9 Å². The standard InChI is InChI=1S/C16H20N4O4S/c1-11-7-14(20-24-11)10-18-25(22,23)15-4-2-3-12(8-15)16(21)19-13-5-6-17-9-13/h2-4,7-8,13,17-18H,5-6,9-10H2,1H3,(H,19,21). The van der Waals surface area contributed by atoms with Gasteiger partial charge in [-0.25, -0.2) is 13.1 Å². The Morgan fingerprint density at radius 3 is 2.92 bits per heavy atom. The largest absolute Gasteiger partial charge is 0.361 e. The summed E-state index contributed by atoms with van der Waals surface area (Å²) >= 11 is 0. The van der Waals surface area contributed by atoms with Crippen LogP contribution in [0, 0.1) is 6.92 Å². The van der Waals surface area contributed by atoms with Gasteiger partial charge in [0, 0.05) is 24.2 Å². The van der Waals surface area contributed by atoms with Crippen molar-refractivity contribution in [1.82, 2.24) is 20.5 Å². The third kappa shape index (κ3) is 4.44. The molecule has 25 heavy (non-hydrogen) atoms. The molecule has 3 rings (SSSR count). The van der Waals surface area contributed by atoms with Crippen LogP contribution < -0.4 is 15.4 Å². The molecule has 8 nitrogen and oxygen atoms in total. The fraction of sp³-hybridized carbons (Fsp3) is 0.375. The lowest BCUT2D eigenvalue weighted by Gasteiger charge is -2.12. The Bertz CT molecular complexity index is 857. The predicted octanol–water partition coefficient (Wildman–Crippen LogP) is 0.553. The highest BCUT2D eigenvalue weighted by molar-refractivity contribution is 7.89. The Labute approximate surface area is 146 Å². The zero-order valence-electron chi connectivity index (χ0n) is 13.8. The van der Waals surface area contributed by atoms with Gasteiger partial charge in [0.2, 0.25) is 10.0 Å². The van der Waals surface area contributed by atoms with Crippen molar-refractivity contribution in [1.29, 1.82) is 0 Å². The van der Waals surface area contributed by atoms with E-state index in [9.17, 15) is 13.2 Å². The van der Waals surface area contributed by atoms with E-state index >= 15 is 0 Å². The maximum Gasteiger partial charge on any atom is 0.251 e. The van der Waals surface area contributed by atoms with Gasteiger partial charge in [0.1, 0.15) is 5.76 Å². The number of nitrogens with zero attached hydrogens (tertiary/aromatic N) is 1. The third-order valence-electron chi connectivity index (χ3n) is 3.92. The SMILES string of the molecule is Cc1cc(CNS(=O)(=O)c2cccc(C(=O)NC3CCNC3)c2)no1. The number of benzene rings is 1. The quantitative estimate of drug-likeness (QED) is 0.690. The first-order valence-electron chi connectivity index (χ1n) is 7.97. The monoisotopic (exact) mass is 364 g/mol. The van der Waals surface area contributed by atoms with E-state index in [1.165, 1.54) is 12.1 Å². The second-order valence-electron chi connectivity index (χ2n) is 5.94. The van der Waals surface area contributed by atoms with Crippen molar-refractivity contribution in [3.63, 3.8) is 0 Å². The van der Waals surface area contributed by atoms with Crippen molar-refractivity contribution in [3.8, 4) is 0 Å². The van der Waals surface area contributed by atoms with Crippen molar-refractivity contribution in [2.75, 3.05) is 13.1 Å². The van der Waals surface area contributed by atoms with Gasteiger partial charge < -0.3 is 15.2 Å². The first kappa shape index (κ1) is 17.6. The van der Waals surface area contributed by atoms with E-state index in [0.29, 0.717) is 17.0 Å². The second kappa shape index (κ2) is 7.34. The number of sulfonamides is 1. The molecule has 0 bridgehead atoms. The fourth-order valence-corrected chi connectivity index (χ4v) is 3.65. The summed E-state index contributed by atoms with van der Waals surface area (Å²) in [4.78, 5) is 12.3. The minimum Gasteiger partial charge on any atom is -0.361 e. The van der Waals surface area contributed by atoms with Crippen LogP contribution in [0.4, 0.5) is 0 Å². The average molecular weight is 364 g/mol. The lowest BCUT2D eigenvalue weighted by Crippen LogP contribution is -2.36. The van der Waals surface area contributed by atoms with E-state index in [2.05, 4.69) is 20.5 Å². The summed E-state index contributed by atoms with van der Waals surface area (Å²) in [6, 6.07) is 7.69. The molecule has 1 aliphatic heterocycles. The van der Waals surface area contributed by atoms with Crippen molar-refractivity contribution in [2.24, 2.45) is 0 Å². The van der Waals surface area contributed by atoms with Crippen molar-refractivity contribution in [2.45, 2.75) is 30.8 Å². The van der Waals surface area contributed by atoms with E-state index in [0.717, 1.165) is 19.5 Å². The van der Waals surface area contributed by atoms with Crippen LogP contribution in [0.3, 0.4) is 0 Å². The first-order valence-corrected chi connectivity index (χ1v) is 9.46. The van der Waals surface area contributed by atoms with E-state index in [1.807, 2.05) is 0 Å². The number of aromatic nitrogens is 1. The van der Waals surface area contributed by atoms with Crippen LogP contribution in [0.1, 0.15) is 28.2 Å². The van der Waals surface area contributed by atoms with E-state index < -0.39 is 10.0 Å². The lowest BCUT2D eigenvalue weighted by atomic mass is 10.2. The van der Waals surface area contributed by atoms with Gasteiger partial charge in [-0.1, -0.05) is 11.2 Å². The summed E-state index contributed by atoms with van der Waals surface area (Å²) in [5.41, 5.74) is 0.802. The molecule has 9 heteroatoms. The van der Waals surface area contributed by atoms with Crippen molar-refractivity contribution in [3.05, 3.63) is 47.3 Å². The van der Waals surface area contributed by atoms with E-state index in [4.69, 9.17) is 4.52 Å². The van der Waals surface area contributed by atoms with Crippen molar-refractivity contribution < 1.29 is 17.7 Å². The Kier molecular flexibility index (Phi) is 5.16. The fourth-order valence-electron chi connectivity index (χ4n) is 2.60. The molecule has 2 aromatic rings. The van der Waals surface area contributed by atoms with E-state index in [1.54, 1.807) is 25.1 Å². The smallest absolute Gasteiger partial charge is 0.251 e. The van der Waals surface area contributed by atoms with Crippen LogP contribution in [-0.4, -0.2) is 38.6 Å². The zero-order valence-corrected chi connectivity index (χ0v) is 14.6. The van der Waals surface area contributed by atoms with Crippen LogP contribution in [-0.2, 0) is 16.6 Å². The summed E-state index contributed by atoms with van der Waals surface area (Å²) in [5.74, 6) is 0.326. The van der Waals surface area contributed by atoms with Gasteiger partial charge >= 0.3 is 0 Å².